The van der Waals surface area contributed by atoms with Crippen molar-refractivity contribution in [2.75, 3.05) is 13.2 Å². The van der Waals surface area contributed by atoms with Crippen molar-refractivity contribution in [1.82, 2.24) is 4.98 Å². The maximum absolute atomic E-state index is 4.91. The van der Waals surface area contributed by atoms with Crippen LogP contribution in [0.2, 0.25) is 0 Å². The summed E-state index contributed by atoms with van der Waals surface area (Å²) in [6.07, 6.45) is 0.572. The van der Waals surface area contributed by atoms with Gasteiger partial charge in [-0.1, -0.05) is 0 Å². The molecule has 36 valence electrons. The lowest BCUT2D eigenvalue weighted by atomic mass is 10.5. The third-order valence-corrected chi connectivity index (χ3v) is 1.24. The van der Waals surface area contributed by atoms with E-state index < -0.39 is 0 Å². The number of hydrogen-bond acceptors (Lipinski definition) is 2. The maximum atomic E-state index is 4.91. The van der Waals surface area contributed by atoms with Gasteiger partial charge in [-0.25, -0.2) is 0 Å². The first-order chi connectivity index (χ1) is 2.93. The van der Waals surface area contributed by atoms with Crippen LogP contribution in [0.25, 0.3) is 0 Å². The maximum Gasteiger partial charge on any atom is 0.0927 e. The van der Waals surface area contributed by atoms with Crippen molar-refractivity contribution < 1.29 is 4.74 Å². The minimum Gasteiger partial charge on any atom is -0.372 e. The highest BCUT2D eigenvalue weighted by Gasteiger charge is 2.19. The van der Waals surface area contributed by atoms with Crippen LogP contribution in [0, 0.1) is 0 Å². The smallest absolute Gasteiger partial charge is 0.0927 e. The standard InChI is InChI=1S/C3H9NOSi/c6-4-1-3-2-5-3/h3-4H,1-2H2,6H3. The van der Waals surface area contributed by atoms with Gasteiger partial charge in [0.15, 0.2) is 0 Å². The average molecular weight is 103 g/mol. The summed E-state index contributed by atoms with van der Waals surface area (Å²) >= 11 is 0. The van der Waals surface area contributed by atoms with Crippen LogP contribution in [0.15, 0.2) is 0 Å². The largest absolute Gasteiger partial charge is 0.372 e. The second kappa shape index (κ2) is 1.73. The summed E-state index contributed by atoms with van der Waals surface area (Å²) in [6.45, 7) is 2.06. The molecule has 1 fully saturated rings. The Morgan fingerprint density at radius 2 is 2.67 bits per heavy atom. The summed E-state index contributed by atoms with van der Waals surface area (Å²) in [4.78, 5) is 3.14. The fourth-order valence-electron chi connectivity index (χ4n) is 0.414. The molecule has 0 saturated carbocycles. The van der Waals surface area contributed by atoms with Crippen LogP contribution in [-0.2, 0) is 4.74 Å². The van der Waals surface area contributed by atoms with Gasteiger partial charge in [-0.15, -0.1) is 0 Å². The van der Waals surface area contributed by atoms with Crippen molar-refractivity contribution in [3.05, 3.63) is 0 Å². The predicted octanol–water partition coefficient (Wildman–Crippen LogP) is -1.74. The minimum absolute atomic E-state index is 0.572. The Balaban J connectivity index is 1.88. The van der Waals surface area contributed by atoms with Gasteiger partial charge in [0.2, 0.25) is 0 Å². The van der Waals surface area contributed by atoms with Crippen LogP contribution in [0.1, 0.15) is 0 Å². The Hall–Kier alpha value is 0.137. The van der Waals surface area contributed by atoms with Crippen molar-refractivity contribution in [3.63, 3.8) is 0 Å². The molecule has 1 heterocycles. The molecule has 1 N–H and O–H groups in total. The van der Waals surface area contributed by atoms with Crippen molar-refractivity contribution in [1.29, 1.82) is 0 Å². The van der Waals surface area contributed by atoms with Gasteiger partial charge in [-0.2, -0.15) is 0 Å². The number of hydrogen-bond donors (Lipinski definition) is 1. The first-order valence-corrected chi connectivity index (χ1v) is 3.19. The van der Waals surface area contributed by atoms with E-state index in [0.717, 1.165) is 23.6 Å². The predicted molar refractivity (Wildman–Crippen MR) is 27.7 cm³/mol. The molecule has 1 aliphatic heterocycles. The number of epoxide rings is 1. The van der Waals surface area contributed by atoms with Crippen molar-refractivity contribution in [2.24, 2.45) is 0 Å². The molecule has 1 aliphatic rings. The molecule has 0 bridgehead atoms. The van der Waals surface area contributed by atoms with Crippen molar-refractivity contribution in [2.45, 2.75) is 6.10 Å². The Morgan fingerprint density at radius 3 is 2.83 bits per heavy atom. The fraction of sp³-hybridized carbons (Fsp3) is 1.00. The molecule has 0 aromatic carbocycles. The third-order valence-electron chi connectivity index (χ3n) is 0.834. The zero-order valence-corrected chi connectivity index (χ0v) is 5.90. The molecule has 1 saturated heterocycles. The van der Waals surface area contributed by atoms with Crippen LogP contribution >= 0.6 is 0 Å². The van der Waals surface area contributed by atoms with Gasteiger partial charge >= 0.3 is 0 Å². The second-order valence-corrected chi connectivity index (χ2v) is 2.22. The lowest BCUT2D eigenvalue weighted by Gasteiger charge is -1.85. The molecular weight excluding hydrogens is 94.1 g/mol. The van der Waals surface area contributed by atoms with Crippen LogP contribution in [-0.4, -0.2) is 29.7 Å². The molecule has 0 aromatic heterocycles. The molecule has 3 heteroatoms. The molecule has 0 amide bonds. The van der Waals surface area contributed by atoms with E-state index in [1.807, 2.05) is 0 Å². The fourth-order valence-corrected chi connectivity index (χ4v) is 0.869. The zero-order chi connectivity index (χ0) is 4.41. The van der Waals surface area contributed by atoms with Gasteiger partial charge in [-0.05, 0) is 0 Å². The van der Waals surface area contributed by atoms with Gasteiger partial charge in [0, 0.05) is 6.54 Å². The highest BCUT2D eigenvalue weighted by Crippen LogP contribution is 2.04. The van der Waals surface area contributed by atoms with E-state index in [1.165, 1.54) is 0 Å². The Morgan fingerprint density at radius 1 is 2.00 bits per heavy atom. The second-order valence-electron chi connectivity index (χ2n) is 1.51. The summed E-state index contributed by atoms with van der Waals surface area (Å²) in [6, 6.07) is 0. The number of ether oxygens (including phenoxy) is 1. The molecule has 1 atom stereocenters. The van der Waals surface area contributed by atoms with E-state index in [2.05, 4.69) is 4.98 Å². The molecule has 0 aromatic rings. The van der Waals surface area contributed by atoms with Gasteiger partial charge in [0.05, 0.1) is 23.1 Å². The first kappa shape index (κ1) is 4.30. The third kappa shape index (κ3) is 1.08. The van der Waals surface area contributed by atoms with Gasteiger partial charge in [0.25, 0.3) is 0 Å². The summed E-state index contributed by atoms with van der Waals surface area (Å²) < 4.78 is 4.91. The van der Waals surface area contributed by atoms with Gasteiger partial charge in [0.1, 0.15) is 0 Å². The van der Waals surface area contributed by atoms with Crippen LogP contribution in [0.4, 0.5) is 0 Å². The molecule has 0 radical (unpaired) electrons. The highest BCUT2D eigenvalue weighted by molar-refractivity contribution is 6.04. The summed E-state index contributed by atoms with van der Waals surface area (Å²) in [5.74, 6) is 0. The lowest BCUT2D eigenvalue weighted by molar-refractivity contribution is 0.408. The Bertz CT molecular complexity index is 46.1. The van der Waals surface area contributed by atoms with E-state index in [9.17, 15) is 0 Å². The lowest BCUT2D eigenvalue weighted by Crippen LogP contribution is -2.14. The summed E-state index contributed by atoms with van der Waals surface area (Å²) in [5, 5.41) is 0. The zero-order valence-electron chi connectivity index (χ0n) is 3.90. The van der Waals surface area contributed by atoms with E-state index in [4.69, 9.17) is 4.74 Å². The van der Waals surface area contributed by atoms with Crippen molar-refractivity contribution >= 4 is 10.4 Å². The molecule has 0 aliphatic carbocycles. The van der Waals surface area contributed by atoms with Crippen LogP contribution in [0.5, 0.6) is 0 Å². The quantitative estimate of drug-likeness (QED) is 0.331. The van der Waals surface area contributed by atoms with E-state index >= 15 is 0 Å². The highest BCUT2D eigenvalue weighted by atomic mass is 28.2. The number of nitrogens with one attached hydrogen (secondary N) is 1. The van der Waals surface area contributed by atoms with Crippen LogP contribution < -0.4 is 4.98 Å². The Labute approximate surface area is 40.4 Å². The molecule has 2 nitrogen and oxygen atoms in total. The first-order valence-electron chi connectivity index (χ1n) is 2.19. The summed E-state index contributed by atoms with van der Waals surface area (Å²) in [5.41, 5.74) is 0. The number of rotatable bonds is 2. The summed E-state index contributed by atoms with van der Waals surface area (Å²) in [7, 11) is 1.10. The van der Waals surface area contributed by atoms with Crippen molar-refractivity contribution in [3.8, 4) is 0 Å². The minimum atomic E-state index is 0.572. The van der Waals surface area contributed by atoms with E-state index in [-0.39, 0.29) is 0 Å². The van der Waals surface area contributed by atoms with E-state index in [1.54, 1.807) is 0 Å². The molecule has 6 heavy (non-hydrogen) atoms. The van der Waals surface area contributed by atoms with Crippen LogP contribution in [0.3, 0.4) is 0 Å². The molecular formula is C3H9NOSi. The molecule has 1 unspecified atom stereocenters. The molecule has 0 spiro atoms. The molecule has 1 rings (SSSR count). The normalized spacial score (nSPS) is 31.0. The monoisotopic (exact) mass is 103 g/mol. The van der Waals surface area contributed by atoms with E-state index in [0.29, 0.717) is 6.10 Å². The Kier molecular flexibility index (Phi) is 1.24. The van der Waals surface area contributed by atoms with Gasteiger partial charge < -0.3 is 9.72 Å². The average Bonchev–Trinajstić information content (AvgIpc) is 2.21. The van der Waals surface area contributed by atoms with Gasteiger partial charge in [-0.3, -0.25) is 0 Å². The SMILES string of the molecule is [SiH3]NCC1CO1. The topological polar surface area (TPSA) is 24.6 Å².